The van der Waals surface area contributed by atoms with Crippen molar-refractivity contribution in [2.24, 2.45) is 0 Å². The number of fused-ring (bicyclic) bond motifs is 1. The molecule has 3 heterocycles. The van der Waals surface area contributed by atoms with E-state index in [0.717, 1.165) is 16.9 Å². The summed E-state index contributed by atoms with van der Waals surface area (Å²) in [6, 6.07) is 13.4. The molecule has 0 radical (unpaired) electrons. The summed E-state index contributed by atoms with van der Waals surface area (Å²) in [6.07, 6.45) is 1.94. The first-order chi connectivity index (χ1) is 16.9. The van der Waals surface area contributed by atoms with Crippen LogP contribution in [0.1, 0.15) is 49.6 Å². The van der Waals surface area contributed by atoms with Crippen LogP contribution in [0.5, 0.6) is 0 Å². The fraction of sp³-hybridized carbons (Fsp3) is 0.200. The van der Waals surface area contributed by atoms with E-state index in [9.17, 15) is 24.0 Å². The molecule has 0 bridgehead atoms. The van der Waals surface area contributed by atoms with Gasteiger partial charge in [0.15, 0.2) is 5.13 Å². The first-order valence-electron chi connectivity index (χ1n) is 11.0. The lowest BCUT2D eigenvalue weighted by atomic mass is 10.0. The molecule has 176 valence electrons. The van der Waals surface area contributed by atoms with E-state index in [4.69, 9.17) is 0 Å². The second kappa shape index (κ2) is 9.22. The smallest absolute Gasteiger partial charge is 0.255 e. The van der Waals surface area contributed by atoms with Crippen molar-refractivity contribution in [1.29, 1.82) is 0 Å². The number of benzene rings is 2. The van der Waals surface area contributed by atoms with E-state index >= 15 is 0 Å². The highest BCUT2D eigenvalue weighted by Gasteiger charge is 2.39. The molecule has 2 N–H and O–H groups in total. The SMILES string of the molecule is O=C1CCC(N2Cc3ccc(CC(=O)Nc4ncc(C(=O)c5ccccc5)s4)cc3C2=O)C(=O)N1. The lowest BCUT2D eigenvalue weighted by Crippen LogP contribution is -2.52. The van der Waals surface area contributed by atoms with E-state index in [1.807, 2.05) is 6.07 Å². The van der Waals surface area contributed by atoms with Crippen LogP contribution in [0.15, 0.2) is 54.7 Å². The third kappa shape index (κ3) is 4.60. The van der Waals surface area contributed by atoms with Crippen LogP contribution in [-0.2, 0) is 27.3 Å². The van der Waals surface area contributed by atoms with Gasteiger partial charge in [0.1, 0.15) is 6.04 Å². The number of piperidine rings is 1. The van der Waals surface area contributed by atoms with Gasteiger partial charge in [-0.3, -0.25) is 29.3 Å². The molecule has 1 saturated heterocycles. The zero-order valence-corrected chi connectivity index (χ0v) is 19.3. The topological polar surface area (TPSA) is 126 Å². The Labute approximate surface area is 204 Å². The van der Waals surface area contributed by atoms with Crippen LogP contribution in [0.3, 0.4) is 0 Å². The largest absolute Gasteiger partial charge is 0.322 e. The number of anilines is 1. The third-order valence-corrected chi connectivity index (χ3v) is 6.88. The highest BCUT2D eigenvalue weighted by Crippen LogP contribution is 2.28. The molecule has 3 aromatic rings. The quantitative estimate of drug-likeness (QED) is 0.405. The van der Waals surface area contributed by atoms with Crippen LogP contribution in [0.4, 0.5) is 5.13 Å². The Morgan fingerprint density at radius 2 is 1.91 bits per heavy atom. The molecule has 0 saturated carbocycles. The minimum Gasteiger partial charge on any atom is -0.322 e. The summed E-state index contributed by atoms with van der Waals surface area (Å²) in [5, 5.41) is 5.30. The minimum absolute atomic E-state index is 0.0144. The summed E-state index contributed by atoms with van der Waals surface area (Å²) in [4.78, 5) is 67.7. The maximum atomic E-state index is 13.0. The molecule has 5 rings (SSSR count). The highest BCUT2D eigenvalue weighted by atomic mass is 32.1. The summed E-state index contributed by atoms with van der Waals surface area (Å²) in [7, 11) is 0. The average molecular weight is 489 g/mol. The second-order valence-corrected chi connectivity index (χ2v) is 9.37. The van der Waals surface area contributed by atoms with Crippen LogP contribution in [0.25, 0.3) is 0 Å². The number of carbonyl (C=O) groups is 5. The Hall–Kier alpha value is -4.18. The Kier molecular flexibility index (Phi) is 5.96. The van der Waals surface area contributed by atoms with Crippen molar-refractivity contribution >= 4 is 45.9 Å². The molecule has 1 atom stereocenters. The summed E-state index contributed by atoms with van der Waals surface area (Å²) in [5.74, 6) is -1.58. The number of hydrogen-bond donors (Lipinski definition) is 2. The molecule has 9 nitrogen and oxygen atoms in total. The van der Waals surface area contributed by atoms with Crippen LogP contribution >= 0.6 is 11.3 Å². The maximum absolute atomic E-state index is 13.0. The Balaban J connectivity index is 1.23. The maximum Gasteiger partial charge on any atom is 0.255 e. The molecule has 2 aliphatic rings. The van der Waals surface area contributed by atoms with Gasteiger partial charge >= 0.3 is 0 Å². The molecule has 0 aliphatic carbocycles. The van der Waals surface area contributed by atoms with E-state index < -0.39 is 11.9 Å². The number of amides is 4. The van der Waals surface area contributed by atoms with E-state index in [-0.39, 0.29) is 42.9 Å². The standard InChI is InChI=1S/C25H20N4O5S/c30-20-9-8-18(23(33)27-20)29-13-16-7-6-14(10-17(16)24(29)34)11-21(31)28-25-26-12-19(35-25)22(32)15-4-2-1-3-5-15/h1-7,10,12,18H,8-9,11,13H2,(H,26,28,31)(H,27,30,33). The Bertz CT molecular complexity index is 1370. The van der Waals surface area contributed by atoms with Crippen molar-refractivity contribution in [2.75, 3.05) is 5.32 Å². The molecule has 1 fully saturated rings. The van der Waals surface area contributed by atoms with Crippen molar-refractivity contribution in [2.45, 2.75) is 31.8 Å². The molecule has 1 aromatic heterocycles. The highest BCUT2D eigenvalue weighted by molar-refractivity contribution is 7.17. The van der Waals surface area contributed by atoms with Crippen molar-refractivity contribution in [3.8, 4) is 0 Å². The van der Waals surface area contributed by atoms with E-state index in [1.54, 1.807) is 42.5 Å². The van der Waals surface area contributed by atoms with Gasteiger partial charge in [-0.25, -0.2) is 4.98 Å². The molecule has 2 aliphatic heterocycles. The number of hydrogen-bond acceptors (Lipinski definition) is 7. The fourth-order valence-corrected chi connectivity index (χ4v) is 5.02. The van der Waals surface area contributed by atoms with E-state index in [0.29, 0.717) is 33.1 Å². The molecule has 35 heavy (non-hydrogen) atoms. The monoisotopic (exact) mass is 488 g/mol. The van der Waals surface area contributed by atoms with Gasteiger partial charge in [-0.05, 0) is 23.6 Å². The van der Waals surface area contributed by atoms with Crippen molar-refractivity contribution in [3.63, 3.8) is 0 Å². The van der Waals surface area contributed by atoms with Crippen LogP contribution in [0.2, 0.25) is 0 Å². The lowest BCUT2D eigenvalue weighted by Gasteiger charge is -2.29. The molecule has 2 aromatic carbocycles. The number of carbonyl (C=O) groups excluding carboxylic acids is 5. The van der Waals surface area contributed by atoms with Gasteiger partial charge in [-0.15, -0.1) is 0 Å². The van der Waals surface area contributed by atoms with Crippen molar-refractivity contribution in [1.82, 2.24) is 15.2 Å². The number of ketones is 1. The van der Waals surface area contributed by atoms with Gasteiger partial charge in [0, 0.05) is 24.1 Å². The second-order valence-electron chi connectivity index (χ2n) is 8.34. The third-order valence-electron chi connectivity index (χ3n) is 5.97. The number of rotatable bonds is 6. The van der Waals surface area contributed by atoms with Gasteiger partial charge in [0.25, 0.3) is 5.91 Å². The molecule has 1 unspecified atom stereocenters. The minimum atomic E-state index is -0.683. The molecular formula is C25H20N4O5S. The van der Waals surface area contributed by atoms with Crippen LogP contribution in [0, 0.1) is 0 Å². The predicted octanol–water partition coefficient (Wildman–Crippen LogP) is 2.32. The predicted molar refractivity (Wildman–Crippen MR) is 127 cm³/mol. The lowest BCUT2D eigenvalue weighted by molar-refractivity contribution is -0.137. The average Bonchev–Trinajstić information content (AvgIpc) is 3.44. The van der Waals surface area contributed by atoms with E-state index in [1.165, 1.54) is 11.1 Å². The van der Waals surface area contributed by atoms with Gasteiger partial charge < -0.3 is 10.2 Å². The molecule has 0 spiro atoms. The first kappa shape index (κ1) is 22.6. The van der Waals surface area contributed by atoms with E-state index in [2.05, 4.69) is 15.6 Å². The number of nitrogens with zero attached hydrogens (tertiary/aromatic N) is 2. The van der Waals surface area contributed by atoms with Crippen LogP contribution in [-0.4, -0.2) is 45.3 Å². The van der Waals surface area contributed by atoms with Gasteiger partial charge in [0.2, 0.25) is 23.5 Å². The van der Waals surface area contributed by atoms with Crippen molar-refractivity contribution in [3.05, 3.63) is 81.9 Å². The van der Waals surface area contributed by atoms with Gasteiger partial charge in [-0.1, -0.05) is 53.8 Å². The number of imide groups is 1. The Morgan fingerprint density at radius 3 is 2.69 bits per heavy atom. The number of nitrogens with one attached hydrogen (secondary N) is 2. The summed E-state index contributed by atoms with van der Waals surface area (Å²) < 4.78 is 0. The molecule has 10 heteroatoms. The number of aromatic nitrogens is 1. The van der Waals surface area contributed by atoms with Gasteiger partial charge in [-0.2, -0.15) is 0 Å². The summed E-state index contributed by atoms with van der Waals surface area (Å²) >= 11 is 1.10. The first-order valence-corrected chi connectivity index (χ1v) is 11.8. The fourth-order valence-electron chi connectivity index (χ4n) is 4.23. The van der Waals surface area contributed by atoms with Crippen LogP contribution < -0.4 is 10.6 Å². The Morgan fingerprint density at radius 1 is 1.11 bits per heavy atom. The zero-order chi connectivity index (χ0) is 24.5. The van der Waals surface area contributed by atoms with Crippen molar-refractivity contribution < 1.29 is 24.0 Å². The number of thiazole rings is 1. The summed E-state index contributed by atoms with van der Waals surface area (Å²) in [5.41, 5.74) is 2.40. The zero-order valence-electron chi connectivity index (χ0n) is 18.4. The molecule has 4 amide bonds. The molecular weight excluding hydrogens is 468 g/mol. The normalized spacial score (nSPS) is 17.2. The summed E-state index contributed by atoms with van der Waals surface area (Å²) in [6.45, 7) is 0.282. The van der Waals surface area contributed by atoms with Gasteiger partial charge in [0.05, 0.1) is 17.5 Å².